The molecular weight excluding hydrogens is 324 g/mol. The number of anilines is 1. The Bertz CT molecular complexity index is 757. The van der Waals surface area contributed by atoms with E-state index in [1.807, 2.05) is 5.38 Å². The number of amides is 2. The first-order chi connectivity index (χ1) is 11.7. The van der Waals surface area contributed by atoms with Crippen LogP contribution >= 0.6 is 11.3 Å². The van der Waals surface area contributed by atoms with Crippen LogP contribution in [0.4, 0.5) is 5.13 Å². The number of nitrogens with two attached hydrogens (primary N) is 1. The van der Waals surface area contributed by atoms with Gasteiger partial charge in [-0.15, -0.1) is 11.3 Å². The molecule has 126 valence electrons. The maximum absolute atomic E-state index is 11.8. The normalized spacial score (nSPS) is 13.2. The molecule has 0 saturated heterocycles. The molecule has 0 spiro atoms. The van der Waals surface area contributed by atoms with Crippen LogP contribution < -0.4 is 16.4 Å². The summed E-state index contributed by atoms with van der Waals surface area (Å²) in [6, 6.07) is 6.48. The number of carbonyl (C=O) groups is 2. The lowest BCUT2D eigenvalue weighted by Crippen LogP contribution is -2.36. The van der Waals surface area contributed by atoms with Crippen molar-refractivity contribution in [3.05, 3.63) is 34.7 Å². The van der Waals surface area contributed by atoms with E-state index in [4.69, 9.17) is 5.73 Å². The van der Waals surface area contributed by atoms with Crippen molar-refractivity contribution in [1.29, 1.82) is 0 Å². The number of hydrogen-bond donors (Lipinski definition) is 3. The SMILES string of the molecule is NCC(=O)NCC(=O)Nc1nc(-c2ccc3c(c2)CCCC3)cs1. The summed E-state index contributed by atoms with van der Waals surface area (Å²) < 4.78 is 0. The predicted molar refractivity (Wildman–Crippen MR) is 94.9 cm³/mol. The summed E-state index contributed by atoms with van der Waals surface area (Å²) in [5, 5.41) is 7.56. The molecule has 0 aliphatic heterocycles. The third-order valence-corrected chi connectivity index (χ3v) is 4.78. The molecule has 1 aromatic heterocycles. The summed E-state index contributed by atoms with van der Waals surface area (Å²) in [5.41, 5.74) is 9.94. The van der Waals surface area contributed by atoms with Crippen molar-refractivity contribution in [1.82, 2.24) is 10.3 Å². The van der Waals surface area contributed by atoms with E-state index in [1.165, 1.54) is 35.3 Å². The third-order valence-electron chi connectivity index (χ3n) is 4.03. The molecule has 1 aliphatic carbocycles. The lowest BCUT2D eigenvalue weighted by molar-refractivity contribution is -0.123. The molecule has 1 aromatic carbocycles. The number of hydrogen-bond acceptors (Lipinski definition) is 5. The molecule has 2 aromatic rings. The molecule has 24 heavy (non-hydrogen) atoms. The maximum Gasteiger partial charge on any atom is 0.245 e. The third kappa shape index (κ3) is 3.98. The van der Waals surface area contributed by atoms with Crippen LogP contribution in [0.1, 0.15) is 24.0 Å². The van der Waals surface area contributed by atoms with Crippen LogP contribution in [0, 0.1) is 0 Å². The van der Waals surface area contributed by atoms with Crippen molar-refractivity contribution in [2.75, 3.05) is 18.4 Å². The number of aromatic nitrogens is 1. The van der Waals surface area contributed by atoms with Crippen molar-refractivity contribution < 1.29 is 9.59 Å². The van der Waals surface area contributed by atoms with Gasteiger partial charge in [0.1, 0.15) is 0 Å². The van der Waals surface area contributed by atoms with Gasteiger partial charge in [-0.05, 0) is 42.9 Å². The minimum Gasteiger partial charge on any atom is -0.346 e. The van der Waals surface area contributed by atoms with Crippen LogP contribution in [0.5, 0.6) is 0 Å². The number of nitrogens with one attached hydrogen (secondary N) is 2. The smallest absolute Gasteiger partial charge is 0.245 e. The lowest BCUT2D eigenvalue weighted by atomic mass is 9.90. The van der Waals surface area contributed by atoms with Crippen molar-refractivity contribution in [2.24, 2.45) is 5.73 Å². The van der Waals surface area contributed by atoms with Gasteiger partial charge in [0.2, 0.25) is 11.8 Å². The minimum absolute atomic E-state index is 0.107. The highest BCUT2D eigenvalue weighted by atomic mass is 32.1. The number of benzene rings is 1. The first-order valence-electron chi connectivity index (χ1n) is 8.00. The summed E-state index contributed by atoms with van der Waals surface area (Å²) in [6.45, 7) is -0.239. The number of fused-ring (bicyclic) bond motifs is 1. The second kappa shape index (κ2) is 7.55. The monoisotopic (exact) mass is 344 g/mol. The van der Waals surface area contributed by atoms with E-state index in [2.05, 4.69) is 33.8 Å². The number of nitrogens with zero attached hydrogens (tertiary/aromatic N) is 1. The maximum atomic E-state index is 11.8. The highest BCUT2D eigenvalue weighted by molar-refractivity contribution is 7.14. The van der Waals surface area contributed by atoms with Crippen molar-refractivity contribution in [3.8, 4) is 11.3 Å². The molecule has 0 atom stereocenters. The summed E-state index contributed by atoms with van der Waals surface area (Å²) in [7, 11) is 0. The molecule has 7 heteroatoms. The van der Waals surface area contributed by atoms with E-state index in [1.54, 1.807) is 0 Å². The number of aryl methyl sites for hydroxylation is 2. The molecule has 4 N–H and O–H groups in total. The molecule has 0 radical (unpaired) electrons. The molecule has 1 aliphatic rings. The van der Waals surface area contributed by atoms with Gasteiger partial charge in [-0.2, -0.15) is 0 Å². The fourth-order valence-corrected chi connectivity index (χ4v) is 3.51. The molecule has 0 fully saturated rings. The average Bonchev–Trinajstić information content (AvgIpc) is 3.07. The Balaban J connectivity index is 1.65. The lowest BCUT2D eigenvalue weighted by Gasteiger charge is -2.16. The molecule has 2 amide bonds. The van der Waals surface area contributed by atoms with Gasteiger partial charge in [0, 0.05) is 10.9 Å². The predicted octanol–water partition coefficient (Wildman–Crippen LogP) is 1.70. The van der Waals surface area contributed by atoms with Crippen molar-refractivity contribution in [2.45, 2.75) is 25.7 Å². The fraction of sp³-hybridized carbons (Fsp3) is 0.353. The number of thiazole rings is 1. The molecule has 1 heterocycles. The first kappa shape index (κ1) is 16.6. The fourth-order valence-electron chi connectivity index (χ4n) is 2.77. The zero-order valence-electron chi connectivity index (χ0n) is 13.3. The molecular formula is C17H20N4O2S. The topological polar surface area (TPSA) is 97.1 Å². The van der Waals surface area contributed by atoms with Gasteiger partial charge in [0.05, 0.1) is 18.8 Å². The Hall–Kier alpha value is -2.25. The van der Waals surface area contributed by atoms with Crippen LogP contribution in [-0.2, 0) is 22.4 Å². The second-order valence-corrected chi connectivity index (χ2v) is 6.62. The largest absolute Gasteiger partial charge is 0.346 e. The van der Waals surface area contributed by atoms with Gasteiger partial charge < -0.3 is 16.4 Å². The van der Waals surface area contributed by atoms with Gasteiger partial charge in [0.15, 0.2) is 5.13 Å². The standard InChI is InChI=1S/C17H20N4O2S/c18-8-15(22)19-9-16(23)21-17-20-14(10-24-17)13-6-5-11-3-1-2-4-12(11)7-13/h5-7,10H,1-4,8-9,18H2,(H,19,22)(H,20,21,23). The highest BCUT2D eigenvalue weighted by Crippen LogP contribution is 2.29. The summed E-state index contributed by atoms with van der Waals surface area (Å²) in [5.74, 6) is -0.679. The molecule has 6 nitrogen and oxygen atoms in total. The molecule has 0 unspecified atom stereocenters. The summed E-state index contributed by atoms with van der Waals surface area (Å²) in [4.78, 5) is 27.3. The van der Waals surface area contributed by atoms with Gasteiger partial charge in [-0.1, -0.05) is 12.1 Å². The number of carbonyl (C=O) groups excluding carboxylic acids is 2. The van der Waals surface area contributed by atoms with Crippen molar-refractivity contribution >= 4 is 28.3 Å². The zero-order valence-corrected chi connectivity index (χ0v) is 14.1. The Kier molecular flexibility index (Phi) is 5.22. The quantitative estimate of drug-likeness (QED) is 0.769. The van der Waals surface area contributed by atoms with E-state index in [-0.39, 0.29) is 24.9 Å². The van der Waals surface area contributed by atoms with E-state index < -0.39 is 0 Å². The van der Waals surface area contributed by atoms with Gasteiger partial charge >= 0.3 is 0 Å². The van der Waals surface area contributed by atoms with Gasteiger partial charge in [-0.25, -0.2) is 4.98 Å². The van der Waals surface area contributed by atoms with Crippen LogP contribution in [-0.4, -0.2) is 29.9 Å². The van der Waals surface area contributed by atoms with Crippen LogP contribution in [0.25, 0.3) is 11.3 Å². The Labute approximate surface area is 144 Å². The zero-order chi connectivity index (χ0) is 16.9. The Morgan fingerprint density at radius 3 is 2.75 bits per heavy atom. The second-order valence-electron chi connectivity index (χ2n) is 5.76. The van der Waals surface area contributed by atoms with E-state index in [0.717, 1.165) is 24.1 Å². The van der Waals surface area contributed by atoms with Crippen molar-refractivity contribution in [3.63, 3.8) is 0 Å². The molecule has 0 saturated carbocycles. The summed E-state index contributed by atoms with van der Waals surface area (Å²) >= 11 is 1.37. The van der Waals surface area contributed by atoms with Crippen LogP contribution in [0.2, 0.25) is 0 Å². The molecule has 0 bridgehead atoms. The minimum atomic E-state index is -0.362. The van der Waals surface area contributed by atoms with E-state index in [0.29, 0.717) is 5.13 Å². The highest BCUT2D eigenvalue weighted by Gasteiger charge is 2.13. The Morgan fingerprint density at radius 2 is 1.96 bits per heavy atom. The summed E-state index contributed by atoms with van der Waals surface area (Å²) in [6.07, 6.45) is 4.78. The first-order valence-corrected chi connectivity index (χ1v) is 8.88. The van der Waals surface area contributed by atoms with E-state index >= 15 is 0 Å². The Morgan fingerprint density at radius 1 is 1.17 bits per heavy atom. The molecule has 3 rings (SSSR count). The van der Waals surface area contributed by atoms with E-state index in [9.17, 15) is 9.59 Å². The van der Waals surface area contributed by atoms with Gasteiger partial charge in [0.25, 0.3) is 0 Å². The van der Waals surface area contributed by atoms with Crippen LogP contribution in [0.3, 0.4) is 0 Å². The van der Waals surface area contributed by atoms with Crippen LogP contribution in [0.15, 0.2) is 23.6 Å². The number of rotatable bonds is 5. The van der Waals surface area contributed by atoms with Gasteiger partial charge in [-0.3, -0.25) is 9.59 Å². The average molecular weight is 344 g/mol.